The van der Waals surface area contributed by atoms with Crippen molar-refractivity contribution in [3.63, 3.8) is 0 Å². The van der Waals surface area contributed by atoms with E-state index in [0.29, 0.717) is 13.0 Å². The lowest BCUT2D eigenvalue weighted by atomic mass is 10.0. The number of methoxy groups -OCH3 is 3. The molecule has 0 aliphatic carbocycles. The van der Waals surface area contributed by atoms with E-state index in [9.17, 15) is 0 Å². The lowest BCUT2D eigenvalue weighted by molar-refractivity contribution is 0.135. The summed E-state index contributed by atoms with van der Waals surface area (Å²) in [6.07, 6.45) is 11.2. The minimum atomic E-state index is 0.663. The van der Waals surface area contributed by atoms with Crippen LogP contribution >= 0.6 is 0 Å². The second kappa shape index (κ2) is 11.7. The van der Waals surface area contributed by atoms with Gasteiger partial charge in [-0.05, 0) is 19.3 Å². The van der Waals surface area contributed by atoms with Crippen molar-refractivity contribution in [3.8, 4) is 29.6 Å². The maximum atomic E-state index is 5.47. The number of rotatable bonds is 12. The number of hydrogen-bond donors (Lipinski definition) is 0. The van der Waals surface area contributed by atoms with E-state index in [-0.39, 0.29) is 0 Å². The van der Waals surface area contributed by atoms with Gasteiger partial charge < -0.3 is 18.9 Å². The van der Waals surface area contributed by atoms with E-state index in [1.165, 1.54) is 0 Å². The SMILES string of the molecule is C#CCCOCCCCCCc1c(OC)cc(OC)cc1OC. The molecule has 1 aromatic carbocycles. The highest BCUT2D eigenvalue weighted by molar-refractivity contribution is 5.50. The summed E-state index contributed by atoms with van der Waals surface area (Å²) < 4.78 is 21.6. The van der Waals surface area contributed by atoms with Crippen LogP contribution in [0.1, 0.15) is 37.7 Å². The Balaban J connectivity index is 2.38. The van der Waals surface area contributed by atoms with Gasteiger partial charge in [0.25, 0.3) is 0 Å². The Kier molecular flexibility index (Phi) is 9.74. The molecule has 0 amide bonds. The Hall–Kier alpha value is -1.86. The average molecular weight is 320 g/mol. The molecule has 0 aliphatic rings. The normalized spacial score (nSPS) is 10.2. The van der Waals surface area contributed by atoms with Crippen molar-refractivity contribution in [1.29, 1.82) is 0 Å². The van der Waals surface area contributed by atoms with E-state index < -0.39 is 0 Å². The molecule has 0 spiro atoms. The van der Waals surface area contributed by atoms with Gasteiger partial charge in [0, 0.05) is 30.7 Å². The Morgan fingerprint density at radius 1 is 0.870 bits per heavy atom. The molecule has 0 saturated carbocycles. The fourth-order valence-electron chi connectivity index (χ4n) is 2.42. The van der Waals surface area contributed by atoms with Crippen molar-refractivity contribution in [2.45, 2.75) is 38.5 Å². The third kappa shape index (κ3) is 6.83. The van der Waals surface area contributed by atoms with Crippen LogP contribution in [0.4, 0.5) is 0 Å². The minimum Gasteiger partial charge on any atom is -0.496 e. The van der Waals surface area contributed by atoms with E-state index in [1.54, 1.807) is 21.3 Å². The second-order valence-corrected chi connectivity index (χ2v) is 5.24. The van der Waals surface area contributed by atoms with Crippen LogP contribution in [-0.2, 0) is 11.2 Å². The first-order valence-electron chi connectivity index (χ1n) is 8.06. The summed E-state index contributed by atoms with van der Waals surface area (Å²) >= 11 is 0. The van der Waals surface area contributed by atoms with Gasteiger partial charge in [0.1, 0.15) is 17.2 Å². The van der Waals surface area contributed by atoms with Gasteiger partial charge in [0.2, 0.25) is 0 Å². The van der Waals surface area contributed by atoms with Crippen molar-refractivity contribution in [2.75, 3.05) is 34.5 Å². The highest BCUT2D eigenvalue weighted by Gasteiger charge is 2.12. The third-order valence-corrected chi connectivity index (χ3v) is 3.67. The molecule has 128 valence electrons. The predicted octanol–water partition coefficient (Wildman–Crippen LogP) is 3.86. The molecule has 4 nitrogen and oxygen atoms in total. The minimum absolute atomic E-state index is 0.663. The monoisotopic (exact) mass is 320 g/mol. The van der Waals surface area contributed by atoms with Crippen LogP contribution in [-0.4, -0.2) is 34.5 Å². The molecule has 0 aromatic heterocycles. The van der Waals surface area contributed by atoms with Crippen molar-refractivity contribution in [3.05, 3.63) is 17.7 Å². The van der Waals surface area contributed by atoms with Crippen LogP contribution in [0.5, 0.6) is 17.2 Å². The Morgan fingerprint density at radius 2 is 1.52 bits per heavy atom. The molecule has 0 heterocycles. The fraction of sp³-hybridized carbons (Fsp3) is 0.579. The van der Waals surface area contributed by atoms with E-state index in [1.807, 2.05) is 12.1 Å². The zero-order chi connectivity index (χ0) is 16.9. The zero-order valence-electron chi connectivity index (χ0n) is 14.5. The van der Waals surface area contributed by atoms with Crippen LogP contribution < -0.4 is 14.2 Å². The van der Waals surface area contributed by atoms with Crippen molar-refractivity contribution < 1.29 is 18.9 Å². The zero-order valence-corrected chi connectivity index (χ0v) is 14.5. The van der Waals surface area contributed by atoms with E-state index in [4.69, 9.17) is 25.4 Å². The van der Waals surface area contributed by atoms with Crippen LogP contribution in [0, 0.1) is 12.3 Å². The van der Waals surface area contributed by atoms with Crippen molar-refractivity contribution >= 4 is 0 Å². The second-order valence-electron chi connectivity index (χ2n) is 5.24. The maximum Gasteiger partial charge on any atom is 0.129 e. The molecule has 23 heavy (non-hydrogen) atoms. The summed E-state index contributed by atoms with van der Waals surface area (Å²) in [6.45, 7) is 1.45. The van der Waals surface area contributed by atoms with Gasteiger partial charge in [-0.3, -0.25) is 0 Å². The van der Waals surface area contributed by atoms with Gasteiger partial charge in [-0.1, -0.05) is 12.8 Å². The molecule has 0 bridgehead atoms. The number of unbranched alkanes of at least 4 members (excludes halogenated alkanes) is 3. The molecule has 4 heteroatoms. The van der Waals surface area contributed by atoms with Crippen LogP contribution in [0.15, 0.2) is 12.1 Å². The molecule has 0 radical (unpaired) electrons. The molecule has 0 atom stereocenters. The van der Waals surface area contributed by atoms with E-state index >= 15 is 0 Å². The lowest BCUT2D eigenvalue weighted by Gasteiger charge is -2.15. The number of terminal acetylenes is 1. The van der Waals surface area contributed by atoms with Gasteiger partial charge in [0.15, 0.2) is 0 Å². The molecule has 1 rings (SSSR count). The Morgan fingerprint density at radius 3 is 2.09 bits per heavy atom. The average Bonchev–Trinajstić information content (AvgIpc) is 2.59. The summed E-state index contributed by atoms with van der Waals surface area (Å²) in [4.78, 5) is 0. The molecule has 0 fully saturated rings. The van der Waals surface area contributed by atoms with Crippen molar-refractivity contribution in [2.24, 2.45) is 0 Å². The first-order valence-corrected chi connectivity index (χ1v) is 8.06. The van der Waals surface area contributed by atoms with E-state index in [2.05, 4.69) is 5.92 Å². The van der Waals surface area contributed by atoms with E-state index in [0.717, 1.165) is 61.5 Å². The van der Waals surface area contributed by atoms with Crippen LogP contribution in [0.3, 0.4) is 0 Å². The van der Waals surface area contributed by atoms with Gasteiger partial charge in [0.05, 0.1) is 27.9 Å². The largest absolute Gasteiger partial charge is 0.496 e. The van der Waals surface area contributed by atoms with Gasteiger partial charge in [-0.15, -0.1) is 12.3 Å². The van der Waals surface area contributed by atoms with Gasteiger partial charge >= 0.3 is 0 Å². The highest BCUT2D eigenvalue weighted by Crippen LogP contribution is 2.35. The summed E-state index contributed by atoms with van der Waals surface area (Å²) in [5.41, 5.74) is 1.10. The molecular formula is C19H28O4. The molecule has 0 unspecified atom stereocenters. The molecule has 0 aliphatic heterocycles. The predicted molar refractivity (Wildman–Crippen MR) is 92.5 cm³/mol. The smallest absolute Gasteiger partial charge is 0.129 e. The fourth-order valence-corrected chi connectivity index (χ4v) is 2.42. The lowest BCUT2D eigenvalue weighted by Crippen LogP contribution is -1.99. The number of ether oxygens (including phenoxy) is 4. The molecule has 0 saturated heterocycles. The molecule has 0 N–H and O–H groups in total. The number of benzene rings is 1. The Labute approximate surface area is 140 Å². The molecular weight excluding hydrogens is 292 g/mol. The van der Waals surface area contributed by atoms with Crippen molar-refractivity contribution in [1.82, 2.24) is 0 Å². The Bertz CT molecular complexity index is 466. The summed E-state index contributed by atoms with van der Waals surface area (Å²) in [5, 5.41) is 0. The summed E-state index contributed by atoms with van der Waals surface area (Å²) in [5.74, 6) is 4.95. The standard InChI is InChI=1S/C19H28O4/c1-5-6-12-23-13-10-8-7-9-11-17-18(21-3)14-16(20-2)15-19(17)22-4/h1,14-15H,6-13H2,2-4H3. The first-order chi connectivity index (χ1) is 11.3. The molecule has 1 aromatic rings. The first kappa shape index (κ1) is 19.2. The summed E-state index contributed by atoms with van der Waals surface area (Å²) in [6, 6.07) is 3.80. The summed E-state index contributed by atoms with van der Waals surface area (Å²) in [7, 11) is 4.98. The van der Waals surface area contributed by atoms with Gasteiger partial charge in [-0.2, -0.15) is 0 Å². The van der Waals surface area contributed by atoms with Gasteiger partial charge in [-0.25, -0.2) is 0 Å². The maximum absolute atomic E-state index is 5.47. The topological polar surface area (TPSA) is 36.9 Å². The number of hydrogen-bond acceptors (Lipinski definition) is 4. The quantitative estimate of drug-likeness (QED) is 0.433. The van der Waals surface area contributed by atoms with Crippen LogP contribution in [0.25, 0.3) is 0 Å². The third-order valence-electron chi connectivity index (χ3n) is 3.67. The highest BCUT2D eigenvalue weighted by atomic mass is 16.5. The van der Waals surface area contributed by atoms with Crippen LogP contribution in [0.2, 0.25) is 0 Å².